The fourth-order valence-corrected chi connectivity index (χ4v) is 12.5. The van der Waals surface area contributed by atoms with Crippen LogP contribution in [0.15, 0.2) is 188 Å². The molecule has 0 bridgehead atoms. The number of halogens is 5. The maximum Gasteiger partial charge on any atom is 0.494 e. The fraction of sp³-hybridized carbons (Fsp3) is 0.273. The zero-order chi connectivity index (χ0) is 53.6. The lowest BCUT2D eigenvalue weighted by Gasteiger charge is -2.32. The molecule has 0 aliphatic carbocycles. The molecule has 4 nitrogen and oxygen atoms in total. The van der Waals surface area contributed by atoms with Gasteiger partial charge in [-0.05, 0) is 205 Å². The van der Waals surface area contributed by atoms with E-state index in [9.17, 15) is 0 Å². The normalized spacial score (nSPS) is 13.8. The first kappa shape index (κ1) is 56.7. The summed E-state index contributed by atoms with van der Waals surface area (Å²) in [5.41, 5.74) is 12.9. The van der Waals surface area contributed by atoms with Crippen LogP contribution in [0, 0.1) is 3.57 Å². The molecule has 390 valence electrons. The molecule has 0 atom stereocenters. The van der Waals surface area contributed by atoms with Crippen LogP contribution < -0.4 is 5.46 Å². The molecule has 0 radical (unpaired) electrons. The SMILES string of the molecule is Brc1ccc(Br)c(I)c1.CCCCCCc1ccc(-n2c3ccccc3c3ccc(-c4cc(Br)ccc4Br)cc32)cc1.CCCCCCc1ccc(-n2c3ccccc3c3ccc(B4OC(C)(C)C(C)(C)O4)cc32)cc1. The van der Waals surface area contributed by atoms with Crippen molar-refractivity contribution in [2.45, 2.75) is 117 Å². The Hall–Kier alpha value is -4.01. The largest absolute Gasteiger partial charge is 0.494 e. The molecule has 1 saturated heterocycles. The Morgan fingerprint density at radius 2 is 0.908 bits per heavy atom. The summed E-state index contributed by atoms with van der Waals surface area (Å²) >= 11 is 16.4. The van der Waals surface area contributed by atoms with E-state index in [0.29, 0.717) is 0 Å². The van der Waals surface area contributed by atoms with Crippen molar-refractivity contribution in [3.8, 4) is 22.5 Å². The number of nitrogens with zero attached hydrogens (tertiary/aromatic N) is 2. The summed E-state index contributed by atoms with van der Waals surface area (Å²) in [6.07, 6.45) is 12.7. The van der Waals surface area contributed by atoms with Gasteiger partial charge in [0.15, 0.2) is 0 Å². The monoisotopic (exact) mass is 1370 g/mol. The third-order valence-corrected chi connectivity index (χ3v) is 19.0. The molecule has 1 aliphatic rings. The van der Waals surface area contributed by atoms with Crippen molar-refractivity contribution in [3.05, 3.63) is 202 Å². The first-order valence-corrected chi connectivity index (χ1v) is 31.1. The second kappa shape index (κ2) is 25.4. The third-order valence-electron chi connectivity index (χ3n) is 15.0. The zero-order valence-electron chi connectivity index (χ0n) is 44.4. The van der Waals surface area contributed by atoms with E-state index in [4.69, 9.17) is 9.31 Å². The van der Waals surface area contributed by atoms with Crippen LogP contribution in [0.3, 0.4) is 0 Å². The van der Waals surface area contributed by atoms with E-state index < -0.39 is 0 Å². The maximum atomic E-state index is 6.36. The predicted octanol–water partition coefficient (Wildman–Crippen LogP) is 21.1. The van der Waals surface area contributed by atoms with Gasteiger partial charge in [0.1, 0.15) is 0 Å². The number of hydrogen-bond donors (Lipinski definition) is 0. The molecule has 0 unspecified atom stereocenters. The highest BCUT2D eigenvalue weighted by atomic mass is 127. The van der Waals surface area contributed by atoms with Crippen LogP contribution in [0.2, 0.25) is 0 Å². The standard InChI is InChI=1S/C30H36BNO2.C30H27Br2N.C6H3Br2I/c1-6-7-8-9-12-22-15-18-24(19-16-22)32-27-14-11-10-13-25(27)26-20-17-23(21-28(26)32)31-33-29(2,3)30(4,5)34-31;1-2-3-4-5-8-21-11-15-24(16-12-21)33-29-10-7-6-9-25(29)26-17-13-22(19-30(26)33)27-20-23(31)14-18-28(27)32;7-4-1-2-5(8)6(9)3-4/h10-11,13-21H,6-9,12H2,1-5H3;6-7,9-20H,2-5,8H2,1H3;1-3H. The van der Waals surface area contributed by atoms with E-state index in [1.165, 1.54) is 132 Å². The second-order valence-electron chi connectivity index (χ2n) is 20.9. The van der Waals surface area contributed by atoms with Crippen molar-refractivity contribution in [2.24, 2.45) is 0 Å². The molecule has 0 saturated carbocycles. The molecule has 10 aromatic rings. The van der Waals surface area contributed by atoms with Crippen molar-refractivity contribution in [3.63, 3.8) is 0 Å². The quantitative estimate of drug-likeness (QED) is 0.0470. The highest BCUT2D eigenvalue weighted by Crippen LogP contribution is 2.40. The highest BCUT2D eigenvalue weighted by molar-refractivity contribution is 14.1. The lowest BCUT2D eigenvalue weighted by Crippen LogP contribution is -2.41. The Morgan fingerprint density at radius 3 is 1.41 bits per heavy atom. The summed E-state index contributed by atoms with van der Waals surface area (Å²) < 4.78 is 23.2. The summed E-state index contributed by atoms with van der Waals surface area (Å²) in [5.74, 6) is 0. The van der Waals surface area contributed by atoms with Crippen molar-refractivity contribution in [1.82, 2.24) is 9.13 Å². The molecule has 11 rings (SSSR count). The van der Waals surface area contributed by atoms with E-state index in [2.05, 4.69) is 295 Å². The van der Waals surface area contributed by atoms with Gasteiger partial charge in [-0.15, -0.1) is 0 Å². The molecule has 2 aromatic heterocycles. The van der Waals surface area contributed by atoms with Gasteiger partial charge in [-0.2, -0.15) is 0 Å². The number of para-hydroxylation sites is 2. The Labute approximate surface area is 498 Å². The predicted molar refractivity (Wildman–Crippen MR) is 348 cm³/mol. The summed E-state index contributed by atoms with van der Waals surface area (Å²) in [6.45, 7) is 12.9. The van der Waals surface area contributed by atoms with Gasteiger partial charge >= 0.3 is 7.12 Å². The van der Waals surface area contributed by atoms with Gasteiger partial charge in [0.05, 0.1) is 33.3 Å². The highest BCUT2D eigenvalue weighted by Gasteiger charge is 2.51. The Morgan fingerprint density at radius 1 is 0.447 bits per heavy atom. The Bertz CT molecular complexity index is 3590. The minimum absolute atomic E-state index is 0.355. The van der Waals surface area contributed by atoms with Gasteiger partial charge in [-0.1, -0.05) is 185 Å². The number of rotatable bonds is 14. The Kier molecular flexibility index (Phi) is 19.0. The average Bonchev–Trinajstić information content (AvgIpc) is 4.02. The van der Waals surface area contributed by atoms with Crippen molar-refractivity contribution >= 4 is 143 Å². The summed E-state index contributed by atoms with van der Waals surface area (Å²) in [6, 6.07) is 61.5. The molecule has 3 heterocycles. The average molecular weight is 1380 g/mol. The number of fused-ring (bicyclic) bond motifs is 6. The molecule has 8 aromatic carbocycles. The number of aryl methyl sites for hydroxylation is 2. The van der Waals surface area contributed by atoms with Gasteiger partial charge in [0, 0.05) is 54.4 Å². The molecule has 1 fully saturated rings. The number of aromatic nitrogens is 2. The molecular weight excluding hydrogens is 1310 g/mol. The zero-order valence-corrected chi connectivity index (χ0v) is 52.9. The topological polar surface area (TPSA) is 28.3 Å². The van der Waals surface area contributed by atoms with E-state index >= 15 is 0 Å². The van der Waals surface area contributed by atoms with Crippen LogP contribution >= 0.6 is 86.3 Å². The first-order valence-electron chi connectivity index (χ1n) is 26.8. The minimum Gasteiger partial charge on any atom is -0.399 e. The molecule has 0 spiro atoms. The molecule has 10 heteroatoms. The molecule has 0 N–H and O–H groups in total. The van der Waals surface area contributed by atoms with E-state index in [-0.39, 0.29) is 18.3 Å². The van der Waals surface area contributed by atoms with Gasteiger partial charge in [0.25, 0.3) is 0 Å². The van der Waals surface area contributed by atoms with Crippen molar-refractivity contribution in [1.29, 1.82) is 0 Å². The lowest BCUT2D eigenvalue weighted by molar-refractivity contribution is 0.00578. The molecule has 0 amide bonds. The third kappa shape index (κ3) is 12.9. The van der Waals surface area contributed by atoms with Gasteiger partial charge in [-0.25, -0.2) is 0 Å². The van der Waals surface area contributed by atoms with E-state index in [1.807, 2.05) is 12.1 Å². The number of unbranched alkanes of at least 4 members (excludes halogenated alkanes) is 6. The van der Waals surface area contributed by atoms with Gasteiger partial charge in [-0.3, -0.25) is 0 Å². The second-order valence-corrected chi connectivity index (χ2v) is 25.6. The van der Waals surface area contributed by atoms with Crippen LogP contribution in [0.4, 0.5) is 0 Å². The van der Waals surface area contributed by atoms with Crippen LogP contribution in [-0.2, 0) is 22.2 Å². The van der Waals surface area contributed by atoms with Gasteiger partial charge < -0.3 is 18.4 Å². The number of hydrogen-bond acceptors (Lipinski definition) is 2. The summed E-state index contributed by atoms with van der Waals surface area (Å²) in [4.78, 5) is 0. The summed E-state index contributed by atoms with van der Waals surface area (Å²) in [7, 11) is -0.369. The van der Waals surface area contributed by atoms with E-state index in [1.54, 1.807) is 0 Å². The molecule has 1 aliphatic heterocycles. The fourth-order valence-electron chi connectivity index (χ4n) is 10.1. The van der Waals surface area contributed by atoms with Crippen LogP contribution in [-0.4, -0.2) is 27.5 Å². The number of benzene rings is 8. The first-order chi connectivity index (χ1) is 36.7. The maximum absolute atomic E-state index is 6.36. The van der Waals surface area contributed by atoms with Crippen molar-refractivity contribution < 1.29 is 9.31 Å². The van der Waals surface area contributed by atoms with Crippen LogP contribution in [0.25, 0.3) is 66.1 Å². The summed E-state index contributed by atoms with van der Waals surface area (Å²) in [5, 5.41) is 5.08. The molecule has 76 heavy (non-hydrogen) atoms. The Balaban J connectivity index is 0.000000160. The lowest BCUT2D eigenvalue weighted by atomic mass is 9.79. The van der Waals surface area contributed by atoms with Crippen molar-refractivity contribution in [2.75, 3.05) is 0 Å². The van der Waals surface area contributed by atoms with Gasteiger partial charge in [0.2, 0.25) is 0 Å². The van der Waals surface area contributed by atoms with E-state index in [0.717, 1.165) is 36.2 Å². The van der Waals surface area contributed by atoms with Crippen LogP contribution in [0.1, 0.15) is 104 Å². The smallest absolute Gasteiger partial charge is 0.399 e. The minimum atomic E-state index is -0.369. The molecular formula is C66H66BBr4IN2O2. The van der Waals surface area contributed by atoms with Crippen LogP contribution in [0.5, 0.6) is 0 Å².